The number of hydrogen-bond acceptors (Lipinski definition) is 5. The van der Waals surface area contributed by atoms with E-state index in [2.05, 4.69) is 11.9 Å². The number of aryl methyl sites for hydroxylation is 1. The molecule has 0 amide bonds. The minimum atomic E-state index is -1.87. The van der Waals surface area contributed by atoms with Crippen molar-refractivity contribution in [2.75, 3.05) is 0 Å². The number of cyclic esters (lactones) is 1. The van der Waals surface area contributed by atoms with Crippen LogP contribution in [0.3, 0.4) is 0 Å². The van der Waals surface area contributed by atoms with Gasteiger partial charge in [-0.2, -0.15) is 0 Å². The van der Waals surface area contributed by atoms with Gasteiger partial charge in [-0.15, -0.1) is 0 Å². The van der Waals surface area contributed by atoms with Crippen molar-refractivity contribution in [3.63, 3.8) is 0 Å². The highest BCUT2D eigenvalue weighted by molar-refractivity contribution is 5.87. The lowest BCUT2D eigenvalue weighted by Crippen LogP contribution is -2.44. The molecule has 4 heterocycles. The molecule has 1 aromatic carbocycles. The quantitative estimate of drug-likeness (QED) is 0.495. The topological polar surface area (TPSA) is 101 Å². The van der Waals surface area contributed by atoms with E-state index in [9.17, 15) is 19.5 Å². The molecule has 7 nitrogen and oxygen atoms in total. The zero-order valence-corrected chi connectivity index (χ0v) is 17.6. The predicted molar refractivity (Wildman–Crippen MR) is 116 cm³/mol. The van der Waals surface area contributed by atoms with Gasteiger partial charge in [-0.3, -0.25) is 9.59 Å². The normalized spacial score (nSPS) is 19.1. The number of aromatic amines is 1. The second kappa shape index (κ2) is 6.92. The summed E-state index contributed by atoms with van der Waals surface area (Å²) in [5.41, 5.74) is 1.70. The molecule has 7 heteroatoms. The molecule has 0 bridgehead atoms. The van der Waals surface area contributed by atoms with Gasteiger partial charge in [-0.05, 0) is 37.0 Å². The summed E-state index contributed by atoms with van der Waals surface area (Å²) in [7, 11) is 0. The van der Waals surface area contributed by atoms with E-state index in [0.29, 0.717) is 22.3 Å². The van der Waals surface area contributed by atoms with Crippen molar-refractivity contribution in [2.24, 2.45) is 0 Å². The Balaban J connectivity index is 1.79. The van der Waals surface area contributed by atoms with Crippen molar-refractivity contribution in [1.29, 1.82) is 0 Å². The number of rotatable bonds is 4. The van der Waals surface area contributed by atoms with Crippen LogP contribution in [0.2, 0.25) is 0 Å². The molecule has 1 atom stereocenters. The molecule has 31 heavy (non-hydrogen) atoms. The Kier molecular flexibility index (Phi) is 4.41. The van der Waals surface area contributed by atoms with Crippen molar-refractivity contribution in [3.05, 3.63) is 67.1 Å². The van der Waals surface area contributed by atoms with Gasteiger partial charge in [0.25, 0.3) is 5.56 Å². The molecule has 3 aromatic rings. The molecule has 2 aliphatic rings. The Hall–Kier alpha value is -3.19. The molecule has 2 aromatic heterocycles. The molecule has 0 unspecified atom stereocenters. The van der Waals surface area contributed by atoms with E-state index in [0.717, 1.165) is 30.3 Å². The Morgan fingerprint density at radius 2 is 2.00 bits per heavy atom. The number of H-pyrrole nitrogens is 1. The van der Waals surface area contributed by atoms with Gasteiger partial charge >= 0.3 is 5.97 Å². The van der Waals surface area contributed by atoms with E-state index in [1.807, 2.05) is 18.2 Å². The van der Waals surface area contributed by atoms with Crippen molar-refractivity contribution in [1.82, 2.24) is 9.55 Å². The Morgan fingerprint density at radius 3 is 2.74 bits per heavy atom. The Labute approximate surface area is 178 Å². The van der Waals surface area contributed by atoms with Crippen molar-refractivity contribution < 1.29 is 14.6 Å². The molecule has 0 aliphatic carbocycles. The zero-order valence-electron chi connectivity index (χ0n) is 17.6. The number of aliphatic hydroxyl groups is 1. The van der Waals surface area contributed by atoms with Gasteiger partial charge in [0.2, 0.25) is 0 Å². The van der Waals surface area contributed by atoms with Gasteiger partial charge in [0, 0.05) is 16.5 Å². The molecular weight excluding hydrogens is 396 g/mol. The van der Waals surface area contributed by atoms with Gasteiger partial charge in [0.1, 0.15) is 6.61 Å². The monoisotopic (exact) mass is 420 g/mol. The molecule has 0 fully saturated rings. The fourth-order valence-electron chi connectivity index (χ4n) is 4.78. The summed E-state index contributed by atoms with van der Waals surface area (Å²) in [6, 6.07) is 7.39. The smallest absolute Gasteiger partial charge is 0.343 e. The predicted octanol–water partition coefficient (Wildman–Crippen LogP) is 2.72. The molecule has 5 rings (SSSR count). The SMILES string of the molecule is CCCCc1cccc2c(=O)c3c([nH]c12)-c1cc2c(c(=O)n1C3)COC(=O)[C@]2(O)CC. The lowest BCUT2D eigenvalue weighted by molar-refractivity contribution is -0.172. The number of nitrogens with one attached hydrogen (secondary N) is 1. The minimum absolute atomic E-state index is 0.0873. The minimum Gasteiger partial charge on any atom is -0.458 e. The molecule has 160 valence electrons. The van der Waals surface area contributed by atoms with Crippen LogP contribution in [0.15, 0.2) is 33.9 Å². The largest absolute Gasteiger partial charge is 0.458 e. The number of nitrogens with zero attached hydrogens (tertiary/aromatic N) is 1. The first kappa shape index (κ1) is 19.8. The van der Waals surface area contributed by atoms with Gasteiger partial charge in [0.15, 0.2) is 11.0 Å². The zero-order chi connectivity index (χ0) is 21.9. The van der Waals surface area contributed by atoms with Gasteiger partial charge in [0.05, 0.1) is 29.0 Å². The number of carbonyl (C=O) groups is 1. The van der Waals surface area contributed by atoms with E-state index in [4.69, 9.17) is 4.74 Å². The number of pyridine rings is 2. The molecule has 0 saturated heterocycles. The molecule has 2 N–H and O–H groups in total. The number of benzene rings is 1. The lowest BCUT2D eigenvalue weighted by Gasteiger charge is -2.31. The van der Waals surface area contributed by atoms with Crippen LogP contribution in [0.25, 0.3) is 22.3 Å². The summed E-state index contributed by atoms with van der Waals surface area (Å²) in [5.74, 6) is -0.751. The average molecular weight is 420 g/mol. The second-order valence-corrected chi connectivity index (χ2v) is 8.35. The number of aromatic nitrogens is 2. The molecular formula is C24H24N2O5. The average Bonchev–Trinajstić information content (AvgIpc) is 3.15. The Morgan fingerprint density at radius 1 is 1.19 bits per heavy atom. The van der Waals surface area contributed by atoms with Crippen LogP contribution in [-0.4, -0.2) is 20.6 Å². The van der Waals surface area contributed by atoms with Crippen LogP contribution in [-0.2, 0) is 34.7 Å². The maximum atomic E-state index is 13.3. The summed E-state index contributed by atoms with van der Waals surface area (Å²) in [6.45, 7) is 3.77. The van der Waals surface area contributed by atoms with Crippen LogP contribution in [0, 0.1) is 0 Å². The van der Waals surface area contributed by atoms with E-state index in [1.54, 1.807) is 13.0 Å². The first-order chi connectivity index (χ1) is 14.9. The summed E-state index contributed by atoms with van der Waals surface area (Å²) in [6.07, 6.45) is 2.99. The lowest BCUT2D eigenvalue weighted by atomic mass is 9.86. The van der Waals surface area contributed by atoms with Crippen LogP contribution in [0.5, 0.6) is 0 Å². The number of carbonyl (C=O) groups excluding carboxylic acids is 1. The van der Waals surface area contributed by atoms with Crippen LogP contribution in [0.4, 0.5) is 0 Å². The summed E-state index contributed by atoms with van der Waals surface area (Å²) in [5, 5.41) is 11.6. The van der Waals surface area contributed by atoms with Crippen molar-refractivity contribution in [3.8, 4) is 11.4 Å². The standard InChI is InChI=1S/C24H24N2O5/c1-3-5-7-13-8-6-9-14-19(13)25-20-15(21(14)27)11-26-18(20)10-17-16(22(26)28)12-31-23(29)24(17,30)4-2/h6,8-10,30H,3-5,7,11-12H2,1-2H3,(H,25,27)/t24-/m0/s1. The number of para-hydroxylation sites is 1. The van der Waals surface area contributed by atoms with Crippen LogP contribution in [0.1, 0.15) is 55.4 Å². The third-order valence-electron chi connectivity index (χ3n) is 6.64. The number of ether oxygens (including phenoxy) is 1. The van der Waals surface area contributed by atoms with Gasteiger partial charge in [-0.1, -0.05) is 32.4 Å². The Bertz CT molecular complexity index is 1370. The van der Waals surface area contributed by atoms with Gasteiger partial charge in [-0.25, -0.2) is 4.79 Å². The summed E-state index contributed by atoms with van der Waals surface area (Å²) < 4.78 is 6.63. The fraction of sp³-hybridized carbons (Fsp3) is 0.375. The number of fused-ring (bicyclic) bond motifs is 5. The first-order valence-corrected chi connectivity index (χ1v) is 10.7. The third-order valence-corrected chi connectivity index (χ3v) is 6.64. The molecule has 0 spiro atoms. The van der Waals surface area contributed by atoms with Crippen LogP contribution < -0.4 is 11.0 Å². The fourth-order valence-corrected chi connectivity index (χ4v) is 4.78. The van der Waals surface area contributed by atoms with Crippen molar-refractivity contribution in [2.45, 2.75) is 58.3 Å². The van der Waals surface area contributed by atoms with E-state index in [1.165, 1.54) is 4.57 Å². The maximum Gasteiger partial charge on any atom is 0.343 e. The highest BCUT2D eigenvalue weighted by Crippen LogP contribution is 2.37. The second-order valence-electron chi connectivity index (χ2n) is 8.35. The highest BCUT2D eigenvalue weighted by Gasteiger charge is 2.45. The van der Waals surface area contributed by atoms with Crippen molar-refractivity contribution >= 4 is 16.9 Å². The molecule has 0 saturated carbocycles. The van der Waals surface area contributed by atoms with E-state index in [-0.39, 0.29) is 41.7 Å². The highest BCUT2D eigenvalue weighted by atomic mass is 16.6. The summed E-state index contributed by atoms with van der Waals surface area (Å²) in [4.78, 5) is 42.3. The molecule has 2 aliphatic heterocycles. The summed E-state index contributed by atoms with van der Waals surface area (Å²) >= 11 is 0. The van der Waals surface area contributed by atoms with Gasteiger partial charge < -0.3 is 19.4 Å². The number of esters is 1. The number of hydrogen-bond donors (Lipinski definition) is 2. The van der Waals surface area contributed by atoms with Crippen LogP contribution >= 0.6 is 0 Å². The van der Waals surface area contributed by atoms with E-state index >= 15 is 0 Å². The third kappa shape index (κ3) is 2.66. The number of unbranched alkanes of at least 4 members (excludes halogenated alkanes) is 1. The maximum absolute atomic E-state index is 13.3. The molecule has 0 radical (unpaired) electrons. The first-order valence-electron chi connectivity index (χ1n) is 10.7. The van der Waals surface area contributed by atoms with E-state index < -0.39 is 11.6 Å².